The summed E-state index contributed by atoms with van der Waals surface area (Å²) in [5.41, 5.74) is 2.13. The van der Waals surface area contributed by atoms with E-state index in [-0.39, 0.29) is 18.4 Å². The van der Waals surface area contributed by atoms with E-state index in [1.807, 2.05) is 0 Å². The number of aliphatic hydroxyl groups is 1. The molecule has 1 aromatic rings. The second kappa shape index (κ2) is 4.78. The highest BCUT2D eigenvalue weighted by Crippen LogP contribution is 2.24. The normalized spacial score (nSPS) is 14.9. The number of anilines is 1. The minimum Gasteiger partial charge on any atom is -0.392 e. The summed E-state index contributed by atoms with van der Waals surface area (Å²) < 4.78 is 0. The van der Waals surface area contributed by atoms with Crippen LogP contribution < -0.4 is 5.32 Å². The Labute approximate surface area is 105 Å². The van der Waals surface area contributed by atoms with Gasteiger partial charge in [0.05, 0.1) is 12.5 Å². The number of rotatable bonds is 3. The fourth-order valence-electron chi connectivity index (χ4n) is 2.05. The third-order valence-electron chi connectivity index (χ3n) is 2.87. The van der Waals surface area contributed by atoms with E-state index in [1.165, 1.54) is 4.90 Å². The maximum absolute atomic E-state index is 12.1. The van der Waals surface area contributed by atoms with E-state index in [1.54, 1.807) is 32.2 Å². The zero-order chi connectivity index (χ0) is 13.3. The zero-order valence-corrected chi connectivity index (χ0v) is 10.4. The van der Waals surface area contributed by atoms with Gasteiger partial charge in [0, 0.05) is 24.8 Å². The van der Waals surface area contributed by atoms with Crippen molar-refractivity contribution in [2.45, 2.75) is 19.4 Å². The van der Waals surface area contributed by atoms with Crippen LogP contribution in [0.5, 0.6) is 0 Å². The largest absolute Gasteiger partial charge is 0.392 e. The fraction of sp³-hybridized carbons (Fsp3) is 0.385. The summed E-state index contributed by atoms with van der Waals surface area (Å²) in [6.07, 6.45) is -0.194. The molecule has 0 aromatic heterocycles. The molecule has 0 aliphatic carbocycles. The van der Waals surface area contributed by atoms with E-state index in [4.69, 9.17) is 0 Å². The quantitative estimate of drug-likeness (QED) is 0.824. The third kappa shape index (κ3) is 2.51. The SMILES string of the molecule is CC(O)CN(C)C(=O)c1ccc2c(c1)NC(=O)C2. The predicted octanol–water partition coefficient (Wildman–Crippen LogP) is 0.634. The second-order valence-corrected chi connectivity index (χ2v) is 4.63. The Hall–Kier alpha value is -1.88. The molecule has 96 valence electrons. The van der Waals surface area contributed by atoms with Crippen molar-refractivity contribution in [2.24, 2.45) is 0 Å². The van der Waals surface area contributed by atoms with Crippen LogP contribution in [0.3, 0.4) is 0 Å². The first kappa shape index (κ1) is 12.6. The van der Waals surface area contributed by atoms with Crippen LogP contribution in [0.25, 0.3) is 0 Å². The van der Waals surface area contributed by atoms with Crippen LogP contribution in [0, 0.1) is 0 Å². The number of fused-ring (bicyclic) bond motifs is 1. The Morgan fingerprint density at radius 3 is 2.94 bits per heavy atom. The van der Waals surface area contributed by atoms with Gasteiger partial charge in [-0.05, 0) is 24.6 Å². The van der Waals surface area contributed by atoms with E-state index in [9.17, 15) is 14.7 Å². The first-order chi connectivity index (χ1) is 8.47. The zero-order valence-electron chi connectivity index (χ0n) is 10.4. The van der Waals surface area contributed by atoms with Crippen molar-refractivity contribution in [3.05, 3.63) is 29.3 Å². The lowest BCUT2D eigenvalue weighted by Gasteiger charge is -2.19. The molecule has 18 heavy (non-hydrogen) atoms. The van der Waals surface area contributed by atoms with Gasteiger partial charge in [-0.1, -0.05) is 6.07 Å². The standard InChI is InChI=1S/C13H16N2O3/c1-8(16)7-15(2)13(18)10-4-3-9-6-12(17)14-11(9)5-10/h3-5,8,16H,6-7H2,1-2H3,(H,14,17). The number of hydrogen-bond donors (Lipinski definition) is 2. The van der Waals surface area contributed by atoms with Crippen molar-refractivity contribution >= 4 is 17.5 Å². The molecule has 1 aliphatic heterocycles. The highest BCUT2D eigenvalue weighted by Gasteiger charge is 2.20. The van der Waals surface area contributed by atoms with Crippen LogP contribution in [-0.2, 0) is 11.2 Å². The number of carbonyl (C=O) groups is 2. The van der Waals surface area contributed by atoms with Gasteiger partial charge in [-0.15, -0.1) is 0 Å². The summed E-state index contributed by atoms with van der Waals surface area (Å²) in [5.74, 6) is -0.216. The molecule has 0 saturated heterocycles. The first-order valence-corrected chi connectivity index (χ1v) is 5.83. The summed E-state index contributed by atoms with van der Waals surface area (Å²) in [6, 6.07) is 5.18. The minimum absolute atomic E-state index is 0.0491. The number of aliphatic hydroxyl groups excluding tert-OH is 1. The lowest BCUT2D eigenvalue weighted by Crippen LogP contribution is -2.33. The highest BCUT2D eigenvalue weighted by molar-refractivity contribution is 6.02. The van der Waals surface area contributed by atoms with E-state index in [0.717, 1.165) is 5.56 Å². The van der Waals surface area contributed by atoms with Crippen molar-refractivity contribution in [3.63, 3.8) is 0 Å². The summed E-state index contributed by atoms with van der Waals surface area (Å²) in [7, 11) is 1.64. The van der Waals surface area contributed by atoms with Gasteiger partial charge in [0.15, 0.2) is 0 Å². The molecule has 0 spiro atoms. The molecule has 1 heterocycles. The lowest BCUT2D eigenvalue weighted by atomic mass is 10.1. The maximum atomic E-state index is 12.1. The van der Waals surface area contributed by atoms with Crippen LogP contribution in [0.2, 0.25) is 0 Å². The maximum Gasteiger partial charge on any atom is 0.253 e. The Balaban J connectivity index is 2.17. The number of amides is 2. The van der Waals surface area contributed by atoms with Crippen molar-refractivity contribution < 1.29 is 14.7 Å². The average molecular weight is 248 g/mol. The van der Waals surface area contributed by atoms with Crippen molar-refractivity contribution in [3.8, 4) is 0 Å². The topological polar surface area (TPSA) is 69.6 Å². The number of nitrogens with one attached hydrogen (secondary N) is 1. The van der Waals surface area contributed by atoms with E-state index in [2.05, 4.69) is 5.32 Å². The van der Waals surface area contributed by atoms with Crippen LogP contribution in [0.1, 0.15) is 22.8 Å². The van der Waals surface area contributed by atoms with Crippen molar-refractivity contribution in [1.82, 2.24) is 4.90 Å². The molecule has 0 fully saturated rings. The molecule has 0 bridgehead atoms. The Morgan fingerprint density at radius 1 is 1.56 bits per heavy atom. The molecule has 5 nitrogen and oxygen atoms in total. The van der Waals surface area contributed by atoms with Gasteiger partial charge in [0.2, 0.25) is 5.91 Å². The van der Waals surface area contributed by atoms with Gasteiger partial charge in [-0.3, -0.25) is 9.59 Å². The van der Waals surface area contributed by atoms with Gasteiger partial charge in [-0.25, -0.2) is 0 Å². The third-order valence-corrected chi connectivity index (χ3v) is 2.87. The summed E-state index contributed by atoms with van der Waals surface area (Å²) in [6.45, 7) is 1.91. The lowest BCUT2D eigenvalue weighted by molar-refractivity contribution is -0.115. The predicted molar refractivity (Wildman–Crippen MR) is 67.4 cm³/mol. The second-order valence-electron chi connectivity index (χ2n) is 4.63. The number of carbonyl (C=O) groups excluding carboxylic acids is 2. The molecule has 2 rings (SSSR count). The van der Waals surface area contributed by atoms with Gasteiger partial charge < -0.3 is 15.3 Å². The van der Waals surface area contributed by atoms with E-state index < -0.39 is 6.10 Å². The molecule has 1 aromatic carbocycles. The van der Waals surface area contributed by atoms with Crippen LogP contribution >= 0.6 is 0 Å². The molecule has 1 aliphatic rings. The number of nitrogens with zero attached hydrogens (tertiary/aromatic N) is 1. The average Bonchev–Trinajstić information content (AvgIpc) is 2.65. The Bertz CT molecular complexity index is 497. The Kier molecular flexibility index (Phi) is 3.34. The molecule has 5 heteroatoms. The molecule has 0 saturated carbocycles. The van der Waals surface area contributed by atoms with Crippen molar-refractivity contribution in [1.29, 1.82) is 0 Å². The van der Waals surface area contributed by atoms with Gasteiger partial charge in [-0.2, -0.15) is 0 Å². The fourth-order valence-corrected chi connectivity index (χ4v) is 2.05. The van der Waals surface area contributed by atoms with Crippen LogP contribution in [0.4, 0.5) is 5.69 Å². The molecule has 0 radical (unpaired) electrons. The highest BCUT2D eigenvalue weighted by atomic mass is 16.3. The van der Waals surface area contributed by atoms with Gasteiger partial charge in [0.25, 0.3) is 5.91 Å². The van der Waals surface area contributed by atoms with E-state index in [0.29, 0.717) is 17.7 Å². The molecule has 1 unspecified atom stereocenters. The number of benzene rings is 1. The van der Waals surface area contributed by atoms with Crippen LogP contribution in [-0.4, -0.2) is 41.5 Å². The van der Waals surface area contributed by atoms with Gasteiger partial charge >= 0.3 is 0 Å². The summed E-state index contributed by atoms with van der Waals surface area (Å²) in [4.78, 5) is 24.7. The molecule has 2 N–H and O–H groups in total. The summed E-state index contributed by atoms with van der Waals surface area (Å²) in [5, 5.41) is 12.0. The first-order valence-electron chi connectivity index (χ1n) is 5.83. The smallest absolute Gasteiger partial charge is 0.253 e. The van der Waals surface area contributed by atoms with Crippen LogP contribution in [0.15, 0.2) is 18.2 Å². The monoisotopic (exact) mass is 248 g/mol. The molecule has 1 atom stereocenters. The van der Waals surface area contributed by atoms with E-state index >= 15 is 0 Å². The van der Waals surface area contributed by atoms with Gasteiger partial charge in [0.1, 0.15) is 0 Å². The molecular formula is C13H16N2O3. The summed E-state index contributed by atoms with van der Waals surface area (Å²) >= 11 is 0. The number of likely N-dealkylation sites (N-methyl/N-ethyl adjacent to an activating group) is 1. The number of hydrogen-bond acceptors (Lipinski definition) is 3. The molecule has 2 amide bonds. The Morgan fingerprint density at radius 2 is 2.28 bits per heavy atom. The van der Waals surface area contributed by atoms with Crippen molar-refractivity contribution in [2.75, 3.05) is 18.9 Å². The minimum atomic E-state index is -0.562. The molecular weight excluding hydrogens is 232 g/mol.